The molecule has 3 rings (SSSR count). The molecule has 1 spiro atoms. The third-order valence-electron chi connectivity index (χ3n) is 5.03. The Bertz CT molecular complexity index is 503. The fraction of sp³-hybridized carbons (Fsp3) is 0.688. The highest BCUT2D eigenvalue weighted by Gasteiger charge is 2.49. The van der Waals surface area contributed by atoms with Crippen molar-refractivity contribution in [2.45, 2.75) is 26.3 Å². The second-order valence-electron chi connectivity index (χ2n) is 6.38. The molecule has 2 fully saturated rings. The van der Waals surface area contributed by atoms with Crippen LogP contribution in [0.15, 0.2) is 16.5 Å². The number of rotatable bonds is 4. The molecule has 5 heteroatoms. The third kappa shape index (κ3) is 2.85. The number of furan rings is 1. The summed E-state index contributed by atoms with van der Waals surface area (Å²) in [5.74, 6) is 2.16. The van der Waals surface area contributed by atoms with Crippen molar-refractivity contribution < 1.29 is 13.9 Å². The molecule has 5 nitrogen and oxygen atoms in total. The second kappa shape index (κ2) is 5.81. The molecule has 2 aliphatic heterocycles. The Morgan fingerprint density at radius 1 is 1.43 bits per heavy atom. The van der Waals surface area contributed by atoms with E-state index in [1.54, 1.807) is 7.11 Å². The van der Waals surface area contributed by atoms with Gasteiger partial charge in [-0.3, -0.25) is 9.69 Å². The zero-order chi connectivity index (χ0) is 14.9. The van der Waals surface area contributed by atoms with Crippen LogP contribution in [0.4, 0.5) is 0 Å². The summed E-state index contributed by atoms with van der Waals surface area (Å²) in [7, 11) is 1.67. The van der Waals surface area contributed by atoms with E-state index < -0.39 is 0 Å². The van der Waals surface area contributed by atoms with Gasteiger partial charge >= 0.3 is 0 Å². The monoisotopic (exact) mass is 292 g/mol. The quantitative estimate of drug-likeness (QED) is 0.915. The molecule has 0 aromatic carbocycles. The van der Waals surface area contributed by atoms with Crippen molar-refractivity contribution in [2.75, 3.05) is 33.4 Å². The van der Waals surface area contributed by atoms with Crippen molar-refractivity contribution in [3.63, 3.8) is 0 Å². The summed E-state index contributed by atoms with van der Waals surface area (Å²) < 4.78 is 10.9. The van der Waals surface area contributed by atoms with E-state index in [9.17, 15) is 4.79 Å². The summed E-state index contributed by atoms with van der Waals surface area (Å²) in [6.45, 7) is 6.18. The Kier molecular flexibility index (Phi) is 4.04. The normalized spacial score (nSPS) is 25.4. The summed E-state index contributed by atoms with van der Waals surface area (Å²) >= 11 is 0. The highest BCUT2D eigenvalue weighted by Crippen LogP contribution is 2.42. The summed E-state index contributed by atoms with van der Waals surface area (Å²) in [6.07, 6.45) is 2.08. The number of aryl methyl sites for hydroxylation is 1. The molecule has 116 valence electrons. The zero-order valence-electron chi connectivity index (χ0n) is 12.9. The van der Waals surface area contributed by atoms with Crippen molar-refractivity contribution in [2.24, 2.45) is 11.3 Å². The molecule has 3 heterocycles. The van der Waals surface area contributed by atoms with E-state index in [4.69, 9.17) is 9.15 Å². The van der Waals surface area contributed by atoms with Crippen LogP contribution >= 0.6 is 0 Å². The molecule has 0 unspecified atom stereocenters. The minimum atomic E-state index is 0.00973. The lowest BCUT2D eigenvalue weighted by atomic mass is 9.71. The molecule has 2 aliphatic rings. The van der Waals surface area contributed by atoms with E-state index in [1.165, 1.54) is 0 Å². The van der Waals surface area contributed by atoms with Crippen molar-refractivity contribution in [1.29, 1.82) is 0 Å². The van der Waals surface area contributed by atoms with Crippen molar-refractivity contribution in [1.82, 2.24) is 10.2 Å². The first-order chi connectivity index (χ1) is 10.1. The fourth-order valence-electron chi connectivity index (χ4n) is 3.68. The fourth-order valence-corrected chi connectivity index (χ4v) is 3.68. The van der Waals surface area contributed by atoms with Crippen molar-refractivity contribution >= 4 is 5.91 Å². The molecule has 1 aromatic heterocycles. The minimum absolute atomic E-state index is 0.00973. The highest BCUT2D eigenvalue weighted by atomic mass is 16.5. The number of carbonyl (C=O) groups excluding carboxylic acids is 1. The van der Waals surface area contributed by atoms with Crippen molar-refractivity contribution in [3.8, 4) is 0 Å². The summed E-state index contributed by atoms with van der Waals surface area (Å²) in [4.78, 5) is 14.4. The van der Waals surface area contributed by atoms with Crippen LogP contribution in [-0.2, 0) is 16.1 Å². The maximum atomic E-state index is 12.0. The average Bonchev–Trinajstić information content (AvgIpc) is 3.01. The predicted octanol–water partition coefficient (Wildman–Crippen LogP) is 1.56. The van der Waals surface area contributed by atoms with Gasteiger partial charge in [-0.25, -0.2) is 0 Å². The number of piperidine rings is 1. The Morgan fingerprint density at radius 2 is 2.19 bits per heavy atom. The smallest absolute Gasteiger partial charge is 0.226 e. The molecule has 1 atom stereocenters. The molecule has 0 saturated carbocycles. The van der Waals surface area contributed by atoms with Gasteiger partial charge in [0, 0.05) is 19.1 Å². The molecule has 21 heavy (non-hydrogen) atoms. The number of nitrogens with one attached hydrogen (secondary N) is 1. The Morgan fingerprint density at radius 3 is 2.81 bits per heavy atom. The van der Waals surface area contributed by atoms with Gasteiger partial charge in [0.25, 0.3) is 0 Å². The molecule has 0 radical (unpaired) electrons. The Balaban J connectivity index is 1.60. The van der Waals surface area contributed by atoms with Crippen LogP contribution in [0.1, 0.15) is 24.4 Å². The van der Waals surface area contributed by atoms with E-state index in [0.717, 1.165) is 50.5 Å². The van der Waals surface area contributed by atoms with Crippen LogP contribution in [0.5, 0.6) is 0 Å². The van der Waals surface area contributed by atoms with Crippen LogP contribution in [0.3, 0.4) is 0 Å². The third-order valence-corrected chi connectivity index (χ3v) is 5.03. The minimum Gasteiger partial charge on any atom is -0.465 e. The predicted molar refractivity (Wildman–Crippen MR) is 78.8 cm³/mol. The first-order valence-electron chi connectivity index (χ1n) is 7.67. The summed E-state index contributed by atoms with van der Waals surface area (Å²) in [6, 6.07) is 4.06. The molecular formula is C16H24N2O3. The lowest BCUT2D eigenvalue weighted by molar-refractivity contribution is -0.126. The van der Waals surface area contributed by atoms with Gasteiger partial charge in [-0.15, -0.1) is 0 Å². The van der Waals surface area contributed by atoms with Gasteiger partial charge in [0.05, 0.1) is 19.1 Å². The number of methoxy groups -OCH3 is 1. The van der Waals surface area contributed by atoms with Gasteiger partial charge in [0.15, 0.2) is 0 Å². The lowest BCUT2D eigenvalue weighted by Gasteiger charge is -2.41. The van der Waals surface area contributed by atoms with E-state index in [2.05, 4.69) is 10.2 Å². The van der Waals surface area contributed by atoms with Crippen LogP contribution in [0.2, 0.25) is 0 Å². The van der Waals surface area contributed by atoms with Gasteiger partial charge in [0.2, 0.25) is 5.91 Å². The molecule has 1 amide bonds. The van der Waals surface area contributed by atoms with Crippen LogP contribution < -0.4 is 5.32 Å². The Hall–Kier alpha value is -1.33. The molecule has 1 N–H and O–H groups in total. The van der Waals surface area contributed by atoms with Crippen LogP contribution in [0.25, 0.3) is 0 Å². The molecule has 1 aromatic rings. The second-order valence-corrected chi connectivity index (χ2v) is 6.38. The van der Waals surface area contributed by atoms with E-state index in [1.807, 2.05) is 19.1 Å². The molecule has 0 aliphatic carbocycles. The number of hydrogen-bond donors (Lipinski definition) is 1. The maximum absolute atomic E-state index is 12.0. The molecule has 0 bridgehead atoms. The standard InChI is InChI=1S/C16H24N2O3/c1-12-3-4-13(21-12)9-18-7-5-16(6-8-18)11-17-15(19)14(16)10-20-2/h3-4,14H,5-11H2,1-2H3,(H,17,19)/t14-/m1/s1. The lowest BCUT2D eigenvalue weighted by Crippen LogP contribution is -2.45. The van der Waals surface area contributed by atoms with Gasteiger partial charge in [-0.2, -0.15) is 0 Å². The van der Waals surface area contributed by atoms with Crippen LogP contribution in [0, 0.1) is 18.3 Å². The topological polar surface area (TPSA) is 54.7 Å². The van der Waals surface area contributed by atoms with Gasteiger partial charge in [-0.05, 0) is 45.0 Å². The highest BCUT2D eigenvalue weighted by molar-refractivity contribution is 5.82. The number of amides is 1. The van der Waals surface area contributed by atoms with E-state index in [0.29, 0.717) is 6.61 Å². The average molecular weight is 292 g/mol. The number of nitrogens with zero attached hydrogens (tertiary/aromatic N) is 1. The first kappa shape index (κ1) is 14.6. The van der Waals surface area contributed by atoms with E-state index in [-0.39, 0.29) is 17.2 Å². The zero-order valence-corrected chi connectivity index (χ0v) is 12.9. The summed E-state index contributed by atoms with van der Waals surface area (Å²) in [5.41, 5.74) is 0.0860. The number of ether oxygens (including phenoxy) is 1. The molecular weight excluding hydrogens is 268 g/mol. The molecule has 2 saturated heterocycles. The van der Waals surface area contributed by atoms with Crippen molar-refractivity contribution in [3.05, 3.63) is 23.7 Å². The largest absolute Gasteiger partial charge is 0.465 e. The van der Waals surface area contributed by atoms with E-state index >= 15 is 0 Å². The SMILES string of the molecule is COC[C@@H]1C(=O)NCC12CCN(Cc1ccc(C)o1)CC2. The van der Waals surface area contributed by atoms with Gasteiger partial charge in [-0.1, -0.05) is 0 Å². The number of hydrogen-bond acceptors (Lipinski definition) is 4. The maximum Gasteiger partial charge on any atom is 0.226 e. The Labute approximate surface area is 125 Å². The number of carbonyl (C=O) groups is 1. The first-order valence-corrected chi connectivity index (χ1v) is 7.67. The van der Waals surface area contributed by atoms with Gasteiger partial charge < -0.3 is 14.5 Å². The van der Waals surface area contributed by atoms with Gasteiger partial charge in [0.1, 0.15) is 11.5 Å². The number of likely N-dealkylation sites (tertiary alicyclic amines) is 1. The van der Waals surface area contributed by atoms with Crippen LogP contribution in [-0.4, -0.2) is 44.2 Å². The summed E-state index contributed by atoms with van der Waals surface area (Å²) in [5, 5.41) is 3.03.